The van der Waals surface area contributed by atoms with E-state index in [0.717, 1.165) is 35.9 Å². The third kappa shape index (κ3) is 4.29. The lowest BCUT2D eigenvalue weighted by Gasteiger charge is -2.33. The lowest BCUT2D eigenvalue weighted by Crippen LogP contribution is -2.48. The molecule has 0 aromatic carbocycles. The van der Waals surface area contributed by atoms with Crippen LogP contribution in [0.4, 0.5) is 0 Å². The molecule has 0 saturated carbocycles. The number of thiophene rings is 1. The van der Waals surface area contributed by atoms with Gasteiger partial charge in [-0.05, 0) is 19.1 Å². The van der Waals surface area contributed by atoms with E-state index in [9.17, 15) is 4.79 Å². The first-order valence-corrected chi connectivity index (χ1v) is 8.07. The molecule has 2 aromatic heterocycles. The average molecular weight is 358 g/mol. The van der Waals surface area contributed by atoms with E-state index in [-0.39, 0.29) is 24.9 Å². The predicted molar refractivity (Wildman–Crippen MR) is 89.7 cm³/mol. The number of carbonyl (C=O) groups is 1. The molecule has 0 spiro atoms. The Labute approximate surface area is 144 Å². The maximum Gasteiger partial charge on any atom is 0.264 e. The van der Waals surface area contributed by atoms with Gasteiger partial charge in [-0.2, -0.15) is 4.98 Å². The van der Waals surface area contributed by atoms with E-state index in [4.69, 9.17) is 10.3 Å². The van der Waals surface area contributed by atoms with Gasteiger partial charge in [0, 0.05) is 31.1 Å². The first-order chi connectivity index (χ1) is 10.7. The van der Waals surface area contributed by atoms with Gasteiger partial charge in [-0.25, -0.2) is 0 Å². The summed E-state index contributed by atoms with van der Waals surface area (Å²) < 4.78 is 5.00. The highest BCUT2D eigenvalue weighted by atomic mass is 35.5. The van der Waals surface area contributed by atoms with Gasteiger partial charge in [0.1, 0.15) is 0 Å². The van der Waals surface area contributed by atoms with Crippen molar-refractivity contribution in [3.05, 3.63) is 33.6 Å². The quantitative estimate of drug-likeness (QED) is 0.886. The highest BCUT2D eigenvalue weighted by molar-refractivity contribution is 7.13. The van der Waals surface area contributed by atoms with Crippen LogP contribution in [0.15, 0.2) is 16.7 Å². The monoisotopic (exact) mass is 357 g/mol. The molecule has 0 unspecified atom stereocenters. The summed E-state index contributed by atoms with van der Waals surface area (Å²) in [4.78, 5) is 22.7. The highest BCUT2D eigenvalue weighted by Crippen LogP contribution is 2.18. The van der Waals surface area contributed by atoms with E-state index >= 15 is 0 Å². The molecule has 9 heteroatoms. The number of amides is 1. The van der Waals surface area contributed by atoms with Crippen molar-refractivity contribution >= 4 is 29.7 Å². The van der Waals surface area contributed by atoms with Gasteiger partial charge in [-0.3, -0.25) is 9.69 Å². The summed E-state index contributed by atoms with van der Waals surface area (Å²) in [6.45, 7) is 5.96. The standard InChI is InChI=1S/C14H19N5O2S.ClH/c1-10-2-3-11(22-10)14(20)19-6-4-18(5-7-19)9-12-16-13(8-15)21-17-12;/h2-3H,4-9,15H2,1H3;1H. The van der Waals surface area contributed by atoms with Crippen molar-refractivity contribution in [2.45, 2.75) is 20.0 Å². The molecule has 2 N–H and O–H groups in total. The smallest absolute Gasteiger partial charge is 0.264 e. The van der Waals surface area contributed by atoms with Gasteiger partial charge in [0.25, 0.3) is 5.91 Å². The number of halogens is 1. The maximum absolute atomic E-state index is 12.4. The Balaban J connectivity index is 0.00000192. The molecule has 1 aliphatic heterocycles. The summed E-state index contributed by atoms with van der Waals surface area (Å²) in [6, 6.07) is 3.89. The summed E-state index contributed by atoms with van der Waals surface area (Å²) in [5.41, 5.74) is 5.45. The third-order valence-corrected chi connectivity index (χ3v) is 4.65. The van der Waals surface area contributed by atoms with Crippen LogP contribution in [0.1, 0.15) is 26.3 Å². The molecular formula is C14H20ClN5O2S. The molecule has 2 aromatic rings. The van der Waals surface area contributed by atoms with Gasteiger partial charge in [-0.1, -0.05) is 5.16 Å². The lowest BCUT2D eigenvalue weighted by atomic mass is 10.3. The van der Waals surface area contributed by atoms with Crippen LogP contribution >= 0.6 is 23.7 Å². The maximum atomic E-state index is 12.4. The fraction of sp³-hybridized carbons (Fsp3) is 0.500. The van der Waals surface area contributed by atoms with Crippen LogP contribution in [0.3, 0.4) is 0 Å². The summed E-state index contributed by atoms with van der Waals surface area (Å²) in [5.74, 6) is 1.23. The normalized spacial score (nSPS) is 15.5. The summed E-state index contributed by atoms with van der Waals surface area (Å²) in [5, 5.41) is 3.90. The summed E-state index contributed by atoms with van der Waals surface area (Å²) in [7, 11) is 0. The molecule has 1 amide bonds. The Bertz CT molecular complexity index is 651. The van der Waals surface area contributed by atoms with E-state index in [1.54, 1.807) is 11.3 Å². The average Bonchev–Trinajstić information content (AvgIpc) is 3.16. The van der Waals surface area contributed by atoms with Gasteiger partial charge in [-0.15, -0.1) is 23.7 Å². The third-order valence-electron chi connectivity index (χ3n) is 3.66. The molecule has 3 heterocycles. The van der Waals surface area contributed by atoms with Crippen LogP contribution in [0.25, 0.3) is 0 Å². The number of nitrogens with zero attached hydrogens (tertiary/aromatic N) is 4. The number of rotatable bonds is 4. The fourth-order valence-corrected chi connectivity index (χ4v) is 3.29. The zero-order valence-electron chi connectivity index (χ0n) is 12.9. The van der Waals surface area contributed by atoms with Gasteiger partial charge >= 0.3 is 0 Å². The predicted octanol–water partition coefficient (Wildman–Crippen LogP) is 1.28. The minimum absolute atomic E-state index is 0. The number of hydrogen-bond donors (Lipinski definition) is 1. The number of carbonyl (C=O) groups excluding carboxylic acids is 1. The Morgan fingerprint density at radius 2 is 2.09 bits per heavy atom. The van der Waals surface area contributed by atoms with Gasteiger partial charge in [0.05, 0.1) is 18.0 Å². The van der Waals surface area contributed by atoms with Crippen molar-refractivity contribution in [1.82, 2.24) is 19.9 Å². The van der Waals surface area contributed by atoms with Gasteiger partial charge in [0.2, 0.25) is 5.89 Å². The summed E-state index contributed by atoms with van der Waals surface area (Å²) >= 11 is 1.55. The molecule has 7 nitrogen and oxygen atoms in total. The lowest BCUT2D eigenvalue weighted by molar-refractivity contribution is 0.0629. The van der Waals surface area contributed by atoms with Crippen LogP contribution in [0.2, 0.25) is 0 Å². The molecule has 1 saturated heterocycles. The van der Waals surface area contributed by atoms with Crippen LogP contribution in [0, 0.1) is 6.92 Å². The Hall–Kier alpha value is -1.48. The molecule has 3 rings (SSSR count). The van der Waals surface area contributed by atoms with Crippen LogP contribution < -0.4 is 5.73 Å². The Morgan fingerprint density at radius 3 is 2.65 bits per heavy atom. The van der Waals surface area contributed by atoms with E-state index in [1.807, 2.05) is 24.0 Å². The number of aromatic nitrogens is 2. The van der Waals surface area contributed by atoms with E-state index in [1.165, 1.54) is 0 Å². The molecule has 0 atom stereocenters. The second-order valence-electron chi connectivity index (χ2n) is 5.29. The molecule has 0 aliphatic carbocycles. The van der Waals surface area contributed by atoms with Crippen LogP contribution in [0.5, 0.6) is 0 Å². The van der Waals surface area contributed by atoms with Crippen LogP contribution in [-0.4, -0.2) is 52.0 Å². The fourth-order valence-electron chi connectivity index (χ4n) is 2.45. The molecule has 0 bridgehead atoms. The molecule has 1 fully saturated rings. The van der Waals surface area contributed by atoms with E-state index in [2.05, 4.69) is 15.0 Å². The first-order valence-electron chi connectivity index (χ1n) is 7.25. The minimum atomic E-state index is 0. The van der Waals surface area contributed by atoms with Crippen molar-refractivity contribution in [2.75, 3.05) is 26.2 Å². The molecule has 1 aliphatic rings. The SMILES string of the molecule is Cc1ccc(C(=O)N2CCN(Cc3noc(CN)n3)CC2)s1.Cl. The number of aryl methyl sites for hydroxylation is 1. The number of piperazine rings is 1. The number of hydrogen-bond acceptors (Lipinski definition) is 7. The van der Waals surface area contributed by atoms with Crippen molar-refractivity contribution in [1.29, 1.82) is 0 Å². The van der Waals surface area contributed by atoms with Gasteiger partial charge in [0.15, 0.2) is 5.82 Å². The van der Waals surface area contributed by atoms with E-state index < -0.39 is 0 Å². The van der Waals surface area contributed by atoms with Crippen LogP contribution in [-0.2, 0) is 13.1 Å². The topological polar surface area (TPSA) is 88.5 Å². The second-order valence-corrected chi connectivity index (χ2v) is 6.58. The Morgan fingerprint density at radius 1 is 1.35 bits per heavy atom. The first kappa shape index (κ1) is 17.9. The van der Waals surface area contributed by atoms with Crippen molar-refractivity contribution in [3.63, 3.8) is 0 Å². The molecular weight excluding hydrogens is 338 g/mol. The molecule has 0 radical (unpaired) electrons. The zero-order chi connectivity index (χ0) is 15.5. The molecule has 23 heavy (non-hydrogen) atoms. The second kappa shape index (κ2) is 7.87. The highest BCUT2D eigenvalue weighted by Gasteiger charge is 2.23. The zero-order valence-corrected chi connectivity index (χ0v) is 14.5. The van der Waals surface area contributed by atoms with Crippen molar-refractivity contribution in [2.24, 2.45) is 5.73 Å². The number of nitrogens with two attached hydrogens (primary N) is 1. The Kier molecular flexibility index (Phi) is 6.11. The van der Waals surface area contributed by atoms with Crippen molar-refractivity contribution < 1.29 is 9.32 Å². The minimum Gasteiger partial charge on any atom is -0.338 e. The summed E-state index contributed by atoms with van der Waals surface area (Å²) in [6.07, 6.45) is 0. The van der Waals surface area contributed by atoms with Gasteiger partial charge < -0.3 is 15.2 Å². The molecule has 126 valence electrons. The largest absolute Gasteiger partial charge is 0.338 e. The van der Waals surface area contributed by atoms with E-state index in [0.29, 0.717) is 18.3 Å². The van der Waals surface area contributed by atoms with Crippen molar-refractivity contribution in [3.8, 4) is 0 Å².